The van der Waals surface area contributed by atoms with Crippen LogP contribution in [0.15, 0.2) is 46.9 Å². The van der Waals surface area contributed by atoms with Crippen LogP contribution in [-0.4, -0.2) is 12.2 Å². The van der Waals surface area contributed by atoms with Crippen LogP contribution in [0.2, 0.25) is 0 Å². The Morgan fingerprint density at radius 1 is 1.11 bits per heavy atom. The van der Waals surface area contributed by atoms with E-state index in [2.05, 4.69) is 15.9 Å². The van der Waals surface area contributed by atoms with Crippen molar-refractivity contribution in [3.63, 3.8) is 0 Å². The summed E-state index contributed by atoms with van der Waals surface area (Å²) in [7, 11) is 1.62. The van der Waals surface area contributed by atoms with Gasteiger partial charge >= 0.3 is 0 Å². The molecule has 2 nitrogen and oxygen atoms in total. The van der Waals surface area contributed by atoms with Crippen LogP contribution in [0.4, 0.5) is 0 Å². The first kappa shape index (κ1) is 14.1. The maximum atomic E-state index is 10.9. The van der Waals surface area contributed by atoms with Crippen molar-refractivity contribution in [3.8, 4) is 5.75 Å². The number of aryl methyl sites for hydroxylation is 1. The van der Waals surface area contributed by atoms with E-state index in [0.717, 1.165) is 21.2 Å². The monoisotopic (exact) mass is 320 g/mol. The highest BCUT2D eigenvalue weighted by atomic mass is 79.9. The second kappa shape index (κ2) is 5.35. The maximum Gasteiger partial charge on any atom is 0.125 e. The predicted molar refractivity (Wildman–Crippen MR) is 80.5 cm³/mol. The topological polar surface area (TPSA) is 29.5 Å². The van der Waals surface area contributed by atoms with Crippen molar-refractivity contribution < 1.29 is 9.84 Å². The fourth-order valence-corrected chi connectivity index (χ4v) is 2.40. The molecule has 100 valence electrons. The van der Waals surface area contributed by atoms with Gasteiger partial charge in [0.05, 0.1) is 7.11 Å². The van der Waals surface area contributed by atoms with Crippen molar-refractivity contribution in [2.45, 2.75) is 19.4 Å². The van der Waals surface area contributed by atoms with E-state index >= 15 is 0 Å². The standard InChI is InChI=1S/C16H17BrO2/c1-11-4-9-15(19-3)14(10-11)16(2,18)12-5-7-13(17)8-6-12/h4-10,18H,1-3H3. The van der Waals surface area contributed by atoms with E-state index in [1.54, 1.807) is 14.0 Å². The molecule has 3 heteroatoms. The van der Waals surface area contributed by atoms with E-state index < -0.39 is 5.60 Å². The molecule has 0 aliphatic heterocycles. The van der Waals surface area contributed by atoms with Gasteiger partial charge in [0.15, 0.2) is 0 Å². The highest BCUT2D eigenvalue weighted by molar-refractivity contribution is 9.10. The number of hydrogen-bond donors (Lipinski definition) is 1. The summed E-state index contributed by atoms with van der Waals surface area (Å²) in [6.07, 6.45) is 0. The molecule has 0 amide bonds. The zero-order chi connectivity index (χ0) is 14.0. The number of halogens is 1. The Labute approximate surface area is 122 Å². The molecule has 1 unspecified atom stereocenters. The van der Waals surface area contributed by atoms with Gasteiger partial charge in [0, 0.05) is 10.0 Å². The van der Waals surface area contributed by atoms with Crippen molar-refractivity contribution in [2.75, 3.05) is 7.11 Å². The second-order valence-electron chi connectivity index (χ2n) is 4.78. The molecule has 0 radical (unpaired) electrons. The lowest BCUT2D eigenvalue weighted by Crippen LogP contribution is -2.23. The molecule has 1 atom stereocenters. The zero-order valence-electron chi connectivity index (χ0n) is 11.3. The summed E-state index contributed by atoms with van der Waals surface area (Å²) in [5.74, 6) is 0.693. The lowest BCUT2D eigenvalue weighted by molar-refractivity contribution is 0.0989. The Kier molecular flexibility index (Phi) is 3.97. The summed E-state index contributed by atoms with van der Waals surface area (Å²) >= 11 is 3.40. The van der Waals surface area contributed by atoms with Gasteiger partial charge in [-0.15, -0.1) is 0 Å². The summed E-state index contributed by atoms with van der Waals surface area (Å²) in [5, 5.41) is 10.9. The fourth-order valence-electron chi connectivity index (χ4n) is 2.13. The molecular formula is C16H17BrO2. The van der Waals surface area contributed by atoms with Crippen molar-refractivity contribution in [1.29, 1.82) is 0 Å². The Morgan fingerprint density at radius 3 is 2.32 bits per heavy atom. The lowest BCUT2D eigenvalue weighted by atomic mass is 9.87. The largest absolute Gasteiger partial charge is 0.496 e. The number of rotatable bonds is 3. The molecule has 2 aromatic rings. The Bertz CT molecular complexity index is 574. The van der Waals surface area contributed by atoms with Crippen molar-refractivity contribution in [3.05, 3.63) is 63.6 Å². The first-order valence-corrected chi connectivity index (χ1v) is 6.88. The van der Waals surface area contributed by atoms with Crippen LogP contribution in [0, 0.1) is 6.92 Å². The summed E-state index contributed by atoms with van der Waals surface area (Å²) in [5.41, 5.74) is 1.61. The number of methoxy groups -OCH3 is 1. The SMILES string of the molecule is COc1ccc(C)cc1C(C)(O)c1ccc(Br)cc1. The highest BCUT2D eigenvalue weighted by Gasteiger charge is 2.29. The van der Waals surface area contributed by atoms with Crippen LogP contribution in [-0.2, 0) is 5.60 Å². The Morgan fingerprint density at radius 2 is 1.74 bits per heavy atom. The predicted octanol–water partition coefficient (Wildman–Crippen LogP) is 4.02. The first-order chi connectivity index (χ1) is 8.95. The van der Waals surface area contributed by atoms with E-state index in [-0.39, 0.29) is 0 Å². The third-order valence-electron chi connectivity index (χ3n) is 3.29. The van der Waals surface area contributed by atoms with Gasteiger partial charge in [-0.25, -0.2) is 0 Å². The molecule has 19 heavy (non-hydrogen) atoms. The van der Waals surface area contributed by atoms with Crippen molar-refractivity contribution in [2.24, 2.45) is 0 Å². The first-order valence-electron chi connectivity index (χ1n) is 6.08. The van der Waals surface area contributed by atoms with Crippen LogP contribution >= 0.6 is 15.9 Å². The van der Waals surface area contributed by atoms with Crippen molar-refractivity contribution in [1.82, 2.24) is 0 Å². The Hall–Kier alpha value is -1.32. The molecule has 0 fully saturated rings. The van der Waals surface area contributed by atoms with Crippen LogP contribution in [0.5, 0.6) is 5.75 Å². The fraction of sp³-hybridized carbons (Fsp3) is 0.250. The molecule has 0 bridgehead atoms. The minimum atomic E-state index is -1.09. The molecule has 0 aromatic heterocycles. The number of ether oxygens (including phenoxy) is 1. The highest BCUT2D eigenvalue weighted by Crippen LogP contribution is 2.36. The average Bonchev–Trinajstić information content (AvgIpc) is 2.39. The van der Waals surface area contributed by atoms with Gasteiger partial charge in [-0.2, -0.15) is 0 Å². The van der Waals surface area contributed by atoms with Crippen LogP contribution in [0.25, 0.3) is 0 Å². The van der Waals surface area contributed by atoms with Gasteiger partial charge in [-0.05, 0) is 43.7 Å². The minimum Gasteiger partial charge on any atom is -0.496 e. The summed E-state index contributed by atoms with van der Waals surface area (Å²) < 4.78 is 6.35. The van der Waals surface area contributed by atoms with Gasteiger partial charge in [-0.3, -0.25) is 0 Å². The molecule has 0 saturated heterocycles. The molecule has 0 heterocycles. The van der Waals surface area contributed by atoms with Crippen LogP contribution < -0.4 is 4.74 Å². The average molecular weight is 321 g/mol. The normalized spacial score (nSPS) is 13.9. The molecule has 2 aromatic carbocycles. The van der Waals surface area contributed by atoms with Gasteiger partial charge in [0.2, 0.25) is 0 Å². The summed E-state index contributed by atoms with van der Waals surface area (Å²) in [6, 6.07) is 13.5. The van der Waals surface area contributed by atoms with Gasteiger partial charge in [0.1, 0.15) is 11.4 Å². The quantitative estimate of drug-likeness (QED) is 0.925. The summed E-state index contributed by atoms with van der Waals surface area (Å²) in [6.45, 7) is 3.79. The van der Waals surface area contributed by atoms with E-state index in [1.807, 2.05) is 49.4 Å². The van der Waals surface area contributed by atoms with Gasteiger partial charge in [-0.1, -0.05) is 39.7 Å². The molecule has 0 spiro atoms. The van der Waals surface area contributed by atoms with E-state index in [9.17, 15) is 5.11 Å². The van der Waals surface area contributed by atoms with E-state index in [4.69, 9.17) is 4.74 Å². The van der Waals surface area contributed by atoms with E-state index in [1.165, 1.54) is 0 Å². The molecule has 2 rings (SSSR count). The third-order valence-corrected chi connectivity index (χ3v) is 3.81. The van der Waals surface area contributed by atoms with Crippen molar-refractivity contribution >= 4 is 15.9 Å². The number of benzene rings is 2. The third kappa shape index (κ3) is 2.82. The molecule has 1 N–H and O–H groups in total. The van der Waals surface area contributed by atoms with E-state index in [0.29, 0.717) is 5.75 Å². The molecule has 0 aliphatic rings. The zero-order valence-corrected chi connectivity index (χ0v) is 12.9. The molecular weight excluding hydrogens is 304 g/mol. The van der Waals surface area contributed by atoms with Crippen LogP contribution in [0.3, 0.4) is 0 Å². The Balaban J connectivity index is 2.55. The number of hydrogen-bond acceptors (Lipinski definition) is 2. The second-order valence-corrected chi connectivity index (χ2v) is 5.70. The molecule has 0 aliphatic carbocycles. The maximum absolute atomic E-state index is 10.9. The molecule has 0 saturated carbocycles. The number of aliphatic hydroxyl groups is 1. The summed E-state index contributed by atoms with van der Waals surface area (Å²) in [4.78, 5) is 0. The van der Waals surface area contributed by atoms with Gasteiger partial charge < -0.3 is 9.84 Å². The van der Waals surface area contributed by atoms with Gasteiger partial charge in [0.25, 0.3) is 0 Å². The lowest BCUT2D eigenvalue weighted by Gasteiger charge is -2.27. The van der Waals surface area contributed by atoms with Crippen LogP contribution in [0.1, 0.15) is 23.6 Å². The smallest absolute Gasteiger partial charge is 0.125 e. The minimum absolute atomic E-state index is 0.693.